The number of phenolic OH excluding ortho intramolecular Hbond substituents is 1. The number of rotatable bonds is 6. The molecule has 0 saturated heterocycles. The van der Waals surface area contributed by atoms with Crippen LogP contribution in [-0.2, 0) is 14.4 Å². The molecule has 0 saturated carbocycles. The van der Waals surface area contributed by atoms with Crippen LogP contribution in [0.2, 0.25) is 0 Å². The number of carboxylic acid groups (broad SMARTS) is 3. The summed E-state index contributed by atoms with van der Waals surface area (Å²) in [4.78, 5) is 40.0. The Kier molecular flexibility index (Phi) is 10.6. The van der Waals surface area contributed by atoms with E-state index in [4.69, 9.17) is 25.5 Å². The molecular weight excluding hydrogens is 341 g/mol. The number of non-ortho nitro benzene ring substituents is 1. The van der Waals surface area contributed by atoms with E-state index in [0.717, 1.165) is 0 Å². The molecule has 0 aliphatic rings. The molecule has 12 heteroatoms. The van der Waals surface area contributed by atoms with Crippen molar-refractivity contribution in [2.75, 3.05) is 0 Å². The second-order valence-corrected chi connectivity index (χ2v) is 4.25. The third kappa shape index (κ3) is 9.05. The van der Waals surface area contributed by atoms with Crippen molar-refractivity contribution >= 4 is 23.6 Å². The first kappa shape index (κ1) is 24.0. The van der Waals surface area contributed by atoms with Gasteiger partial charge < -0.3 is 27.0 Å². The Bertz CT molecular complexity index is 590. The molecule has 0 aromatic heterocycles. The van der Waals surface area contributed by atoms with Gasteiger partial charge in [0.2, 0.25) is 0 Å². The Balaban J connectivity index is -0.000000367. The Morgan fingerprint density at radius 3 is 1.67 bits per heavy atom. The van der Waals surface area contributed by atoms with Crippen LogP contribution in [0.15, 0.2) is 24.3 Å². The van der Waals surface area contributed by atoms with Gasteiger partial charge in [0.15, 0.2) is 5.60 Å². The van der Waals surface area contributed by atoms with Gasteiger partial charge in [0, 0.05) is 12.1 Å². The molecular formula is C12H14NNaO10. The third-order valence-electron chi connectivity index (χ3n) is 2.35. The maximum atomic E-state index is 10.3. The van der Waals surface area contributed by atoms with Gasteiger partial charge in [-0.2, -0.15) is 0 Å². The average molecular weight is 355 g/mol. The maximum Gasteiger partial charge on any atom is 1.00 e. The van der Waals surface area contributed by atoms with Crippen molar-refractivity contribution in [1.29, 1.82) is 0 Å². The van der Waals surface area contributed by atoms with E-state index >= 15 is 0 Å². The van der Waals surface area contributed by atoms with Crippen molar-refractivity contribution in [1.82, 2.24) is 0 Å². The van der Waals surface area contributed by atoms with Gasteiger partial charge in [-0.15, -0.1) is 0 Å². The van der Waals surface area contributed by atoms with Gasteiger partial charge in [-0.05, 0) is 12.1 Å². The first-order valence-corrected chi connectivity index (χ1v) is 5.80. The van der Waals surface area contributed by atoms with Crippen molar-refractivity contribution in [3.8, 4) is 5.75 Å². The molecule has 128 valence electrons. The summed E-state index contributed by atoms with van der Waals surface area (Å²) in [6.07, 6.45) is -2.29. The quantitative estimate of drug-likeness (QED) is 0.201. The van der Waals surface area contributed by atoms with Crippen molar-refractivity contribution in [3.05, 3.63) is 34.4 Å². The fourth-order valence-electron chi connectivity index (χ4n) is 1.29. The van der Waals surface area contributed by atoms with E-state index in [1.807, 2.05) is 0 Å². The van der Waals surface area contributed by atoms with Crippen LogP contribution in [0, 0.1) is 10.1 Å². The Hall–Kier alpha value is -2.21. The van der Waals surface area contributed by atoms with Gasteiger partial charge in [-0.1, -0.05) is 0 Å². The summed E-state index contributed by atoms with van der Waals surface area (Å²) in [5, 5.41) is 52.6. The second kappa shape index (κ2) is 10.5. The van der Waals surface area contributed by atoms with Gasteiger partial charge in [0.05, 0.1) is 17.8 Å². The molecule has 0 radical (unpaired) electrons. The molecule has 1 rings (SSSR count). The molecule has 1 aromatic carbocycles. The minimum absolute atomic E-state index is 0. The molecule has 0 aliphatic heterocycles. The number of hydrogen-bond acceptors (Lipinski definition) is 7. The number of hydrogen-bond donors (Lipinski definition) is 5. The van der Waals surface area contributed by atoms with E-state index in [0.29, 0.717) is 0 Å². The summed E-state index contributed by atoms with van der Waals surface area (Å²) in [5.41, 5.74) is -2.75. The number of carboxylic acids is 3. The zero-order valence-electron chi connectivity index (χ0n) is 13.4. The minimum Gasteiger partial charge on any atom is -1.00 e. The molecule has 0 unspecified atom stereocenters. The molecule has 5 N–H and O–H groups in total. The van der Waals surface area contributed by atoms with Crippen LogP contribution in [0.3, 0.4) is 0 Å². The number of aliphatic carboxylic acids is 3. The Morgan fingerprint density at radius 1 is 1.04 bits per heavy atom. The van der Waals surface area contributed by atoms with E-state index in [9.17, 15) is 24.5 Å². The largest absolute Gasteiger partial charge is 1.00 e. The van der Waals surface area contributed by atoms with Gasteiger partial charge in [-0.25, -0.2) is 4.79 Å². The van der Waals surface area contributed by atoms with Crippen LogP contribution in [0.4, 0.5) is 5.69 Å². The van der Waals surface area contributed by atoms with Gasteiger partial charge in [0.1, 0.15) is 5.75 Å². The van der Waals surface area contributed by atoms with Crippen LogP contribution in [0.25, 0.3) is 0 Å². The van der Waals surface area contributed by atoms with Crippen molar-refractivity contribution in [3.63, 3.8) is 0 Å². The monoisotopic (exact) mass is 355 g/mol. The van der Waals surface area contributed by atoms with Gasteiger partial charge in [-0.3, -0.25) is 19.7 Å². The number of benzene rings is 1. The van der Waals surface area contributed by atoms with Crippen molar-refractivity contribution in [2.24, 2.45) is 0 Å². The zero-order valence-corrected chi connectivity index (χ0v) is 14.4. The molecule has 11 nitrogen and oxygen atoms in total. The summed E-state index contributed by atoms with van der Waals surface area (Å²) in [5.74, 6) is -4.99. The van der Waals surface area contributed by atoms with E-state index in [1.165, 1.54) is 24.3 Å². The molecule has 0 bridgehead atoms. The number of aliphatic hydroxyl groups is 1. The van der Waals surface area contributed by atoms with E-state index in [2.05, 4.69) is 0 Å². The number of nitro benzene ring substituents is 1. The summed E-state index contributed by atoms with van der Waals surface area (Å²) in [6, 6.07) is 5.04. The zero-order chi connectivity index (χ0) is 18.2. The number of phenols is 1. The van der Waals surface area contributed by atoms with Crippen molar-refractivity contribution in [2.45, 2.75) is 18.4 Å². The molecule has 0 aliphatic carbocycles. The Labute approximate surface area is 158 Å². The average Bonchev–Trinajstić information content (AvgIpc) is 2.37. The fraction of sp³-hybridized carbons (Fsp3) is 0.250. The molecule has 0 spiro atoms. The summed E-state index contributed by atoms with van der Waals surface area (Å²) < 4.78 is 0. The molecule has 0 fully saturated rings. The Morgan fingerprint density at radius 2 is 1.42 bits per heavy atom. The molecule has 0 amide bonds. The number of aromatic hydroxyl groups is 1. The first-order chi connectivity index (χ1) is 10.5. The maximum absolute atomic E-state index is 10.3. The van der Waals surface area contributed by atoms with Gasteiger partial charge >= 0.3 is 47.5 Å². The molecule has 24 heavy (non-hydrogen) atoms. The SMILES string of the molecule is O=C(O)CC(O)(CC(=O)O)C(=O)O.O=[N+]([O-])c1ccc(O)cc1.[H-].[Na+]. The smallest absolute Gasteiger partial charge is 1.00 e. The van der Waals surface area contributed by atoms with E-state index in [1.54, 1.807) is 0 Å². The topological polar surface area (TPSA) is 195 Å². The predicted molar refractivity (Wildman–Crippen MR) is 73.0 cm³/mol. The number of carbonyl (C=O) groups is 3. The van der Waals surface area contributed by atoms with Crippen LogP contribution < -0.4 is 29.6 Å². The standard InChI is InChI=1S/C6H5NO3.C6H8O7.Na.H/c8-6-3-1-5(2-4-6)7(9)10;7-3(8)1-6(13,5(11)12)2-4(9)10;;/h1-4,8H;13H,1-2H2,(H,7,8)(H,9,10)(H,11,12);;/q;;+1;-1. The normalized spacial score (nSPS) is 9.71. The minimum atomic E-state index is -2.74. The van der Waals surface area contributed by atoms with E-state index in [-0.39, 0.29) is 42.4 Å². The van der Waals surface area contributed by atoms with Crippen LogP contribution in [0.5, 0.6) is 5.75 Å². The van der Waals surface area contributed by atoms with Gasteiger partial charge in [0.25, 0.3) is 5.69 Å². The fourth-order valence-corrected chi connectivity index (χ4v) is 1.29. The molecule has 0 heterocycles. The second-order valence-electron chi connectivity index (χ2n) is 4.25. The number of nitrogens with zero attached hydrogens (tertiary/aromatic N) is 1. The van der Waals surface area contributed by atoms with E-state index < -0.39 is 41.3 Å². The van der Waals surface area contributed by atoms with Crippen molar-refractivity contribution < 1.29 is 75.8 Å². The van der Waals surface area contributed by atoms with Crippen LogP contribution in [0.1, 0.15) is 14.3 Å². The first-order valence-electron chi connectivity index (χ1n) is 5.80. The number of nitro groups is 1. The third-order valence-corrected chi connectivity index (χ3v) is 2.35. The van der Waals surface area contributed by atoms with Crippen LogP contribution in [-0.4, -0.2) is 54.0 Å². The molecule has 1 aromatic rings. The molecule has 0 atom stereocenters. The predicted octanol–water partition coefficient (Wildman–Crippen LogP) is -2.83. The summed E-state index contributed by atoms with van der Waals surface area (Å²) in [7, 11) is 0. The van der Waals surface area contributed by atoms with Crippen LogP contribution >= 0.6 is 0 Å². The summed E-state index contributed by atoms with van der Waals surface area (Å²) >= 11 is 0. The summed E-state index contributed by atoms with van der Waals surface area (Å²) in [6.45, 7) is 0.